The van der Waals surface area contributed by atoms with Crippen molar-refractivity contribution in [2.75, 3.05) is 60.0 Å². The molecular formula is C27H36O7. The highest BCUT2D eigenvalue weighted by Crippen LogP contribution is 2.44. The van der Waals surface area contributed by atoms with Crippen LogP contribution in [0.25, 0.3) is 10.8 Å². The molecule has 2 aromatic carbocycles. The van der Waals surface area contributed by atoms with E-state index in [0.29, 0.717) is 51.8 Å². The first-order valence-corrected chi connectivity index (χ1v) is 11.9. The van der Waals surface area contributed by atoms with E-state index in [1.54, 1.807) is 14.0 Å². The number of fused-ring (bicyclic) bond motifs is 2. The molecule has 0 aromatic heterocycles. The number of carbonyl (C=O) groups is 1. The first-order valence-electron chi connectivity index (χ1n) is 11.9. The van der Waals surface area contributed by atoms with Crippen LogP contribution in [-0.4, -0.2) is 65.9 Å². The van der Waals surface area contributed by atoms with Gasteiger partial charge in [-0.2, -0.15) is 0 Å². The van der Waals surface area contributed by atoms with E-state index in [0.717, 1.165) is 48.0 Å². The molecule has 2 aromatic rings. The topological polar surface area (TPSA) is 72.5 Å². The Hall–Kier alpha value is -2.61. The first kappa shape index (κ1) is 26.0. The second kappa shape index (κ2) is 13.9. The molecule has 0 spiro atoms. The average molecular weight is 473 g/mol. The molecule has 0 fully saturated rings. The summed E-state index contributed by atoms with van der Waals surface area (Å²) in [4.78, 5) is 11.3. The zero-order chi connectivity index (χ0) is 24.2. The highest BCUT2D eigenvalue weighted by Gasteiger charge is 2.23. The molecule has 0 amide bonds. The summed E-state index contributed by atoms with van der Waals surface area (Å²) < 4.78 is 33.7. The summed E-state index contributed by atoms with van der Waals surface area (Å²) in [5.74, 6) is 1.52. The first-order chi connectivity index (χ1) is 16.6. The molecule has 1 aliphatic carbocycles. The van der Waals surface area contributed by atoms with Crippen molar-refractivity contribution < 1.29 is 33.2 Å². The van der Waals surface area contributed by atoms with Crippen molar-refractivity contribution in [1.29, 1.82) is 0 Å². The van der Waals surface area contributed by atoms with Gasteiger partial charge < -0.3 is 28.4 Å². The molecule has 186 valence electrons. The van der Waals surface area contributed by atoms with Gasteiger partial charge in [0.15, 0.2) is 0 Å². The Morgan fingerprint density at radius 2 is 1.29 bits per heavy atom. The third kappa shape index (κ3) is 7.19. The lowest BCUT2D eigenvalue weighted by molar-refractivity contribution is -0.140. The van der Waals surface area contributed by atoms with Gasteiger partial charge in [0.2, 0.25) is 0 Å². The molecule has 34 heavy (non-hydrogen) atoms. The lowest BCUT2D eigenvalue weighted by Gasteiger charge is -2.25. The van der Waals surface area contributed by atoms with E-state index in [1.807, 2.05) is 12.1 Å². The molecule has 0 N–H and O–H groups in total. The van der Waals surface area contributed by atoms with Crippen LogP contribution in [0.2, 0.25) is 0 Å². The van der Waals surface area contributed by atoms with E-state index in [9.17, 15) is 4.79 Å². The van der Waals surface area contributed by atoms with E-state index in [2.05, 4.69) is 18.7 Å². The molecule has 0 heterocycles. The van der Waals surface area contributed by atoms with Crippen molar-refractivity contribution in [3.05, 3.63) is 47.5 Å². The minimum atomic E-state index is -0.402. The number of hydrogen-bond donors (Lipinski definition) is 0. The van der Waals surface area contributed by atoms with Crippen LogP contribution in [-0.2, 0) is 36.6 Å². The molecule has 0 unspecified atom stereocenters. The van der Waals surface area contributed by atoms with Gasteiger partial charge in [-0.1, -0.05) is 30.8 Å². The highest BCUT2D eigenvalue weighted by molar-refractivity contribution is 5.96. The number of rotatable bonds is 15. The molecule has 0 atom stereocenters. The maximum atomic E-state index is 11.3. The van der Waals surface area contributed by atoms with Gasteiger partial charge in [-0.25, -0.2) is 4.79 Å². The summed E-state index contributed by atoms with van der Waals surface area (Å²) in [6, 6.07) is 8.26. The van der Waals surface area contributed by atoms with Crippen LogP contribution in [0.5, 0.6) is 11.5 Å². The van der Waals surface area contributed by atoms with Crippen LogP contribution in [0.15, 0.2) is 36.4 Å². The van der Waals surface area contributed by atoms with Crippen LogP contribution in [0, 0.1) is 0 Å². The van der Waals surface area contributed by atoms with Gasteiger partial charge in [0.1, 0.15) is 31.3 Å². The van der Waals surface area contributed by atoms with Crippen molar-refractivity contribution in [1.82, 2.24) is 0 Å². The van der Waals surface area contributed by atoms with Crippen LogP contribution >= 0.6 is 0 Å². The molecule has 0 saturated carbocycles. The number of methoxy groups -OCH3 is 1. The largest absolute Gasteiger partial charge is 0.490 e. The van der Waals surface area contributed by atoms with Gasteiger partial charge >= 0.3 is 5.97 Å². The number of ether oxygens (including phenoxy) is 6. The number of carbonyl (C=O) groups excluding carboxylic acids is 1. The maximum absolute atomic E-state index is 11.3. The Morgan fingerprint density at radius 3 is 1.82 bits per heavy atom. The number of esters is 1. The van der Waals surface area contributed by atoms with E-state index in [4.69, 9.17) is 28.4 Å². The molecule has 0 aliphatic heterocycles. The summed E-state index contributed by atoms with van der Waals surface area (Å²) in [6.45, 7) is 8.56. The Labute approximate surface area is 201 Å². The molecule has 0 radical (unpaired) electrons. The fraction of sp³-hybridized carbons (Fsp3) is 0.519. The Kier molecular flexibility index (Phi) is 10.7. The Bertz CT molecular complexity index is 954. The van der Waals surface area contributed by atoms with Crippen molar-refractivity contribution in [2.24, 2.45) is 0 Å². The van der Waals surface area contributed by atoms with Gasteiger partial charge in [0.05, 0.1) is 33.0 Å². The molecular weight excluding hydrogens is 436 g/mol. The molecule has 0 saturated heterocycles. The monoisotopic (exact) mass is 472 g/mol. The third-order valence-corrected chi connectivity index (χ3v) is 5.62. The second-order valence-corrected chi connectivity index (χ2v) is 8.20. The van der Waals surface area contributed by atoms with Gasteiger partial charge in [0.25, 0.3) is 0 Å². The molecule has 7 heteroatoms. The van der Waals surface area contributed by atoms with E-state index in [-0.39, 0.29) is 6.61 Å². The van der Waals surface area contributed by atoms with E-state index >= 15 is 0 Å². The Balaban J connectivity index is 1.52. The molecule has 0 bridgehead atoms. The lowest BCUT2D eigenvalue weighted by Crippen LogP contribution is -2.16. The van der Waals surface area contributed by atoms with Crippen LogP contribution in [0.3, 0.4) is 0 Å². The van der Waals surface area contributed by atoms with E-state index < -0.39 is 5.97 Å². The quantitative estimate of drug-likeness (QED) is 0.218. The van der Waals surface area contributed by atoms with Gasteiger partial charge in [-0.15, -0.1) is 0 Å². The van der Waals surface area contributed by atoms with Crippen molar-refractivity contribution in [2.45, 2.75) is 32.6 Å². The maximum Gasteiger partial charge on any atom is 0.333 e. The zero-order valence-electron chi connectivity index (χ0n) is 20.4. The van der Waals surface area contributed by atoms with Crippen LogP contribution < -0.4 is 9.47 Å². The number of benzene rings is 2. The Morgan fingerprint density at radius 1 is 0.794 bits per heavy atom. The second-order valence-electron chi connectivity index (χ2n) is 8.20. The smallest absolute Gasteiger partial charge is 0.333 e. The minimum Gasteiger partial charge on any atom is -0.490 e. The van der Waals surface area contributed by atoms with Gasteiger partial charge in [-0.05, 0) is 32.6 Å². The van der Waals surface area contributed by atoms with E-state index in [1.165, 1.54) is 11.1 Å². The normalized spacial score (nSPS) is 12.9. The van der Waals surface area contributed by atoms with Crippen LogP contribution in [0.4, 0.5) is 0 Å². The predicted octanol–water partition coefficient (Wildman–Crippen LogP) is 4.28. The summed E-state index contributed by atoms with van der Waals surface area (Å²) in [5.41, 5.74) is 2.90. The number of hydrogen-bond acceptors (Lipinski definition) is 7. The standard InChI is InChI=1S/C27H36O7/c1-20(2)27(28)34-19-16-31-14-13-30-15-18-33-26-23-10-6-4-8-21(23)25(32-17-12-29-3)22-9-5-7-11-24(22)26/h4,6,8,10H,1,5,7,9,11-19H2,2-3H3. The summed E-state index contributed by atoms with van der Waals surface area (Å²) >= 11 is 0. The summed E-state index contributed by atoms with van der Waals surface area (Å²) in [6.07, 6.45) is 4.28. The minimum absolute atomic E-state index is 0.207. The van der Waals surface area contributed by atoms with Crippen molar-refractivity contribution >= 4 is 16.7 Å². The average Bonchev–Trinajstić information content (AvgIpc) is 2.85. The summed E-state index contributed by atoms with van der Waals surface area (Å²) in [7, 11) is 1.68. The molecule has 7 nitrogen and oxygen atoms in total. The fourth-order valence-corrected chi connectivity index (χ4v) is 4.01. The molecule has 1 aliphatic rings. The zero-order valence-corrected chi connectivity index (χ0v) is 20.4. The van der Waals surface area contributed by atoms with Gasteiger partial charge in [-0.3, -0.25) is 0 Å². The predicted molar refractivity (Wildman–Crippen MR) is 131 cm³/mol. The fourth-order valence-electron chi connectivity index (χ4n) is 4.01. The molecule has 3 rings (SSSR count). The lowest BCUT2D eigenvalue weighted by atomic mass is 9.87. The highest BCUT2D eigenvalue weighted by atomic mass is 16.6. The summed E-state index contributed by atoms with van der Waals surface area (Å²) in [5, 5.41) is 2.15. The third-order valence-electron chi connectivity index (χ3n) is 5.62. The van der Waals surface area contributed by atoms with Crippen molar-refractivity contribution in [3.8, 4) is 11.5 Å². The van der Waals surface area contributed by atoms with Gasteiger partial charge in [0, 0.05) is 34.6 Å². The van der Waals surface area contributed by atoms with Crippen molar-refractivity contribution in [3.63, 3.8) is 0 Å². The van der Waals surface area contributed by atoms with Crippen LogP contribution in [0.1, 0.15) is 30.9 Å². The SMILES string of the molecule is C=C(C)C(=O)OCCOCCOCCOc1c2c(c(OCCOC)c3ccccc13)CCCC2.